The lowest BCUT2D eigenvalue weighted by Gasteiger charge is -2.15. The van der Waals surface area contributed by atoms with Crippen LogP contribution in [0.1, 0.15) is 33.7 Å². The van der Waals surface area contributed by atoms with Gasteiger partial charge in [0.1, 0.15) is 21.2 Å². The van der Waals surface area contributed by atoms with Crippen LogP contribution >= 0.6 is 22.9 Å². The summed E-state index contributed by atoms with van der Waals surface area (Å²) in [6.07, 6.45) is -3.44. The maximum Gasteiger partial charge on any atom is 0.433 e. The highest BCUT2D eigenvalue weighted by atomic mass is 35.5. The van der Waals surface area contributed by atoms with Crippen LogP contribution in [-0.4, -0.2) is 26.6 Å². The van der Waals surface area contributed by atoms with Gasteiger partial charge in [-0.2, -0.15) is 18.3 Å². The molecule has 1 unspecified atom stereocenters. The van der Waals surface area contributed by atoms with E-state index in [1.807, 2.05) is 0 Å². The van der Waals surface area contributed by atoms with E-state index in [9.17, 15) is 22.8 Å². The second-order valence-electron chi connectivity index (χ2n) is 7.94. The number of anilines is 1. The van der Waals surface area contributed by atoms with Crippen molar-refractivity contribution in [2.45, 2.75) is 33.5 Å². The summed E-state index contributed by atoms with van der Waals surface area (Å²) in [5, 5.41) is 7.60. The molecular formula is C22H19ClF3N5O3S. The standard InChI is InChI=1S/C22H19ClF3N5O3S/c1-9(8-31-11(3)16(23)10(2)30-31)20(33)29-17-15-12(13-5-4-6-34-13)7-14(22(24,25)26)28-21(15)35-18(17)19(27)32/h4-7,9H,8H2,1-3H3,(H2,27,32)(H,29,33). The molecule has 4 aromatic rings. The number of rotatable bonds is 6. The minimum atomic E-state index is -4.74. The third-order valence-electron chi connectivity index (χ3n) is 5.40. The van der Waals surface area contributed by atoms with Crippen LogP contribution in [0.25, 0.3) is 21.5 Å². The average Bonchev–Trinajstić information content (AvgIpc) is 3.49. The minimum Gasteiger partial charge on any atom is -0.464 e. The van der Waals surface area contributed by atoms with Gasteiger partial charge in [0.15, 0.2) is 0 Å². The van der Waals surface area contributed by atoms with Crippen LogP contribution in [0.3, 0.4) is 0 Å². The van der Waals surface area contributed by atoms with E-state index < -0.39 is 29.6 Å². The number of pyridine rings is 1. The smallest absolute Gasteiger partial charge is 0.433 e. The first kappa shape index (κ1) is 24.7. The van der Waals surface area contributed by atoms with Gasteiger partial charge in [0.2, 0.25) is 5.91 Å². The molecule has 0 radical (unpaired) electrons. The molecule has 0 spiro atoms. The summed E-state index contributed by atoms with van der Waals surface area (Å²) in [4.78, 5) is 28.7. The van der Waals surface area contributed by atoms with E-state index in [4.69, 9.17) is 21.8 Å². The van der Waals surface area contributed by atoms with Gasteiger partial charge < -0.3 is 15.5 Å². The molecule has 0 saturated heterocycles. The van der Waals surface area contributed by atoms with Gasteiger partial charge >= 0.3 is 6.18 Å². The number of fused-ring (bicyclic) bond motifs is 1. The van der Waals surface area contributed by atoms with Crippen LogP contribution in [-0.2, 0) is 17.5 Å². The number of hydrogen-bond donors (Lipinski definition) is 2. The molecule has 184 valence electrons. The Morgan fingerprint density at radius 1 is 1.34 bits per heavy atom. The fraction of sp³-hybridized carbons (Fsp3) is 0.273. The van der Waals surface area contributed by atoms with Gasteiger partial charge in [0, 0.05) is 10.9 Å². The summed E-state index contributed by atoms with van der Waals surface area (Å²) >= 11 is 6.84. The molecule has 2 amide bonds. The molecule has 3 N–H and O–H groups in total. The van der Waals surface area contributed by atoms with Crippen LogP contribution in [0, 0.1) is 19.8 Å². The van der Waals surface area contributed by atoms with Gasteiger partial charge in [-0.15, -0.1) is 11.3 Å². The molecule has 0 aromatic carbocycles. The molecule has 4 rings (SSSR count). The number of carbonyl (C=O) groups excluding carboxylic acids is 2. The van der Waals surface area contributed by atoms with Crippen LogP contribution in [0.4, 0.5) is 18.9 Å². The van der Waals surface area contributed by atoms with Crippen molar-refractivity contribution >= 4 is 50.7 Å². The first-order chi connectivity index (χ1) is 16.4. The number of halogens is 4. The zero-order valence-electron chi connectivity index (χ0n) is 18.7. The second kappa shape index (κ2) is 9.00. The summed E-state index contributed by atoms with van der Waals surface area (Å²) < 4.78 is 47.5. The molecule has 0 bridgehead atoms. The third kappa shape index (κ3) is 4.63. The summed E-state index contributed by atoms with van der Waals surface area (Å²) in [7, 11) is 0. The Bertz CT molecular complexity index is 1440. The van der Waals surface area contributed by atoms with Gasteiger partial charge in [0.25, 0.3) is 5.91 Å². The summed E-state index contributed by atoms with van der Waals surface area (Å²) in [5.74, 6) is -1.95. The molecule has 8 nitrogen and oxygen atoms in total. The molecule has 0 saturated carbocycles. The van der Waals surface area contributed by atoms with Crippen LogP contribution in [0.5, 0.6) is 0 Å². The zero-order chi connectivity index (χ0) is 25.7. The number of alkyl halides is 3. The quantitative estimate of drug-likeness (QED) is 0.349. The SMILES string of the molecule is Cc1nn(CC(C)C(=O)Nc2c(C(N)=O)sc3nc(C(F)(F)F)cc(-c4ccco4)c23)c(C)c1Cl. The first-order valence-corrected chi connectivity index (χ1v) is 11.5. The van der Waals surface area contributed by atoms with Crippen LogP contribution in [0.2, 0.25) is 5.02 Å². The Morgan fingerprint density at radius 2 is 2.06 bits per heavy atom. The summed E-state index contributed by atoms with van der Waals surface area (Å²) in [6, 6.07) is 3.79. The number of nitrogens with zero attached hydrogens (tertiary/aromatic N) is 3. The van der Waals surface area contributed by atoms with E-state index in [2.05, 4.69) is 15.4 Å². The number of nitrogens with one attached hydrogen (secondary N) is 1. The number of hydrogen-bond acceptors (Lipinski definition) is 6. The van der Waals surface area contributed by atoms with Gasteiger partial charge in [-0.1, -0.05) is 18.5 Å². The van der Waals surface area contributed by atoms with E-state index in [0.717, 1.165) is 6.07 Å². The Labute approximate surface area is 205 Å². The maximum atomic E-state index is 13.5. The van der Waals surface area contributed by atoms with Crippen molar-refractivity contribution in [3.8, 4) is 11.3 Å². The number of nitrogens with two attached hydrogens (primary N) is 1. The molecule has 13 heteroatoms. The van der Waals surface area contributed by atoms with Gasteiger partial charge in [-0.3, -0.25) is 14.3 Å². The van der Waals surface area contributed by atoms with E-state index >= 15 is 0 Å². The molecular weight excluding hydrogens is 507 g/mol. The van der Waals surface area contributed by atoms with Gasteiger partial charge in [0.05, 0.1) is 40.8 Å². The second-order valence-corrected chi connectivity index (χ2v) is 9.31. The lowest BCUT2D eigenvalue weighted by Crippen LogP contribution is -2.26. The fourth-order valence-electron chi connectivity index (χ4n) is 3.60. The number of aromatic nitrogens is 3. The highest BCUT2D eigenvalue weighted by molar-refractivity contribution is 7.21. The fourth-order valence-corrected chi connectivity index (χ4v) is 4.75. The molecule has 0 aliphatic rings. The summed E-state index contributed by atoms with van der Waals surface area (Å²) in [6.45, 7) is 5.34. The monoisotopic (exact) mass is 525 g/mol. The molecule has 35 heavy (non-hydrogen) atoms. The van der Waals surface area contributed by atoms with Crippen molar-refractivity contribution in [3.63, 3.8) is 0 Å². The van der Waals surface area contributed by atoms with Crippen molar-refractivity contribution in [1.82, 2.24) is 14.8 Å². The topological polar surface area (TPSA) is 116 Å². The average molecular weight is 526 g/mol. The lowest BCUT2D eigenvalue weighted by molar-refractivity contribution is -0.140. The first-order valence-electron chi connectivity index (χ1n) is 10.3. The van der Waals surface area contributed by atoms with Crippen molar-refractivity contribution in [2.75, 3.05) is 5.32 Å². The number of amides is 2. The largest absolute Gasteiger partial charge is 0.464 e. The summed E-state index contributed by atoms with van der Waals surface area (Å²) in [5.41, 5.74) is 5.64. The number of aryl methyl sites for hydroxylation is 1. The van der Waals surface area contributed by atoms with Gasteiger partial charge in [-0.05, 0) is 32.0 Å². The number of carbonyl (C=O) groups is 2. The molecule has 0 fully saturated rings. The predicted octanol–water partition coefficient (Wildman–Crippen LogP) is 5.42. The minimum absolute atomic E-state index is 0.0179. The van der Waals surface area contributed by atoms with Crippen molar-refractivity contribution < 1.29 is 27.2 Å². The van der Waals surface area contributed by atoms with E-state index in [-0.39, 0.29) is 38.6 Å². The predicted molar refractivity (Wildman–Crippen MR) is 125 cm³/mol. The lowest BCUT2D eigenvalue weighted by atomic mass is 10.1. The normalized spacial score (nSPS) is 12.8. The van der Waals surface area contributed by atoms with Crippen LogP contribution in [0.15, 0.2) is 28.9 Å². The van der Waals surface area contributed by atoms with E-state index in [1.54, 1.807) is 25.5 Å². The Balaban J connectivity index is 1.80. The van der Waals surface area contributed by atoms with Crippen molar-refractivity contribution in [1.29, 1.82) is 0 Å². The molecule has 1 atom stereocenters. The molecule has 0 aliphatic heterocycles. The van der Waals surface area contributed by atoms with Crippen molar-refractivity contribution in [2.24, 2.45) is 11.7 Å². The molecule has 4 aromatic heterocycles. The van der Waals surface area contributed by atoms with Crippen LogP contribution < -0.4 is 11.1 Å². The number of primary amides is 1. The number of furan rings is 1. The Morgan fingerprint density at radius 3 is 2.60 bits per heavy atom. The molecule has 4 heterocycles. The Kier molecular flexibility index (Phi) is 6.36. The number of thiophene rings is 1. The maximum absolute atomic E-state index is 13.5. The highest BCUT2D eigenvalue weighted by Gasteiger charge is 2.35. The highest BCUT2D eigenvalue weighted by Crippen LogP contribution is 2.43. The van der Waals surface area contributed by atoms with Crippen molar-refractivity contribution in [3.05, 3.63) is 51.4 Å². The Hall–Kier alpha value is -3.38. The van der Waals surface area contributed by atoms with E-state index in [0.29, 0.717) is 27.7 Å². The van der Waals surface area contributed by atoms with Gasteiger partial charge in [-0.25, -0.2) is 4.98 Å². The zero-order valence-corrected chi connectivity index (χ0v) is 20.2. The van der Waals surface area contributed by atoms with E-state index in [1.165, 1.54) is 18.4 Å². The molecule has 0 aliphatic carbocycles. The third-order valence-corrected chi connectivity index (χ3v) is 7.04.